The third-order valence-corrected chi connectivity index (χ3v) is 17.0. The zero-order valence-electron chi connectivity index (χ0n) is 60.9. The van der Waals surface area contributed by atoms with E-state index in [1.165, 1.54) is 73.7 Å². The van der Waals surface area contributed by atoms with Gasteiger partial charge >= 0.3 is 0 Å². The molecule has 12 aromatic carbocycles. The van der Waals surface area contributed by atoms with E-state index in [4.69, 9.17) is 6.85 Å². The van der Waals surface area contributed by atoms with Crippen molar-refractivity contribution in [2.45, 2.75) is 95.8 Å². The average Bonchev–Trinajstić information content (AvgIpc) is 0.820. The van der Waals surface area contributed by atoms with Gasteiger partial charge in [0.1, 0.15) is 5.82 Å². The summed E-state index contributed by atoms with van der Waals surface area (Å²) < 4.78 is 112. The summed E-state index contributed by atoms with van der Waals surface area (Å²) in [4.78, 5) is 0. The number of halogens is 6. The lowest BCUT2D eigenvalue weighted by atomic mass is 9.95. The summed E-state index contributed by atoms with van der Waals surface area (Å²) in [6, 6.07) is 84.0. The molecular formula is C86H88F6Si. The Morgan fingerprint density at radius 1 is 0.258 bits per heavy atom. The van der Waals surface area contributed by atoms with Gasteiger partial charge in [0.15, 0.2) is 23.3 Å². The highest BCUT2D eigenvalue weighted by atomic mass is 28.3. The van der Waals surface area contributed by atoms with E-state index in [0.717, 1.165) is 29.2 Å². The van der Waals surface area contributed by atoms with Crippen molar-refractivity contribution in [3.05, 3.63) is 375 Å². The molecule has 0 unspecified atom stereocenters. The maximum absolute atomic E-state index is 14.2. The number of rotatable bonds is 5. The molecule has 12 rings (SSSR count). The first-order valence-corrected chi connectivity index (χ1v) is 34.2. The molecule has 0 bridgehead atoms. The largest absolute Gasteiger partial charge is 0.207 e. The predicted molar refractivity (Wildman–Crippen MR) is 388 cm³/mol. The second-order valence-corrected chi connectivity index (χ2v) is 28.6. The Kier molecular flexibility index (Phi) is 26.9. The summed E-state index contributed by atoms with van der Waals surface area (Å²) in [6.07, 6.45) is 0. The standard InChI is InChI=1S/C19H15F.2C13H12.C10H16Si.C10H14.C7H3F5.2C7H8/c1-14-18(16-10-6-3-7-11-16)12-17(13-19(14)20)15-8-4-2-5-9-15;1-11-7-5-6-10-13(11)12-8-3-2-4-9-12;1-11-7-9-13(10-8-11)12-5-3-2-4-6-12;1-9-5-7-10(8-6-9)11(2,3)4;1-7-5-8(2)10(4)9(3)6-7;1-2-3(8)5(10)7(12)6(11)4(2)9;2*1-7-5-3-2-4-6-7/h2-13H,1H3;2*2-10H,1H3;5-8H,1-4H3;5-6H,1-4H3;1H3;2*2-6H,1H3/i;;;;;;2D,3D,4D,5D,6D;. The molecule has 0 spiro atoms. The van der Waals surface area contributed by atoms with Crippen molar-refractivity contribution < 1.29 is 33.2 Å². The van der Waals surface area contributed by atoms with Crippen molar-refractivity contribution in [1.82, 2.24) is 0 Å². The van der Waals surface area contributed by atoms with Crippen LogP contribution >= 0.6 is 0 Å². The molecule has 0 heterocycles. The Bertz CT molecular complexity index is 4150. The van der Waals surface area contributed by atoms with Gasteiger partial charge in [-0.15, -0.1) is 0 Å². The van der Waals surface area contributed by atoms with Crippen LogP contribution in [0.1, 0.15) is 68.1 Å². The number of benzene rings is 12. The topological polar surface area (TPSA) is 0 Å². The van der Waals surface area contributed by atoms with Gasteiger partial charge in [-0.2, -0.15) is 0 Å². The van der Waals surface area contributed by atoms with Gasteiger partial charge in [-0.1, -0.05) is 319 Å². The molecule has 0 amide bonds. The zero-order chi connectivity index (χ0) is 72.4. The van der Waals surface area contributed by atoms with Gasteiger partial charge in [0.25, 0.3) is 0 Å². The van der Waals surface area contributed by atoms with E-state index in [9.17, 15) is 26.3 Å². The molecule has 93 heavy (non-hydrogen) atoms. The van der Waals surface area contributed by atoms with Crippen LogP contribution in [0.15, 0.2) is 279 Å². The summed E-state index contributed by atoms with van der Waals surface area (Å²) in [5.41, 5.74) is 20.1. The molecule has 0 aliphatic heterocycles. The Morgan fingerprint density at radius 2 is 0.613 bits per heavy atom. The second kappa shape index (κ2) is 37.7. The van der Waals surface area contributed by atoms with Crippen molar-refractivity contribution >= 4 is 13.3 Å². The predicted octanol–water partition coefficient (Wildman–Crippen LogP) is 24.9. The van der Waals surface area contributed by atoms with E-state index in [1.54, 1.807) is 11.3 Å². The van der Waals surface area contributed by atoms with Crippen LogP contribution in [0.2, 0.25) is 19.6 Å². The molecule has 0 N–H and O–H groups in total. The van der Waals surface area contributed by atoms with E-state index >= 15 is 0 Å². The van der Waals surface area contributed by atoms with Crippen LogP contribution in [0.5, 0.6) is 0 Å². The Morgan fingerprint density at radius 3 is 1.03 bits per heavy atom. The van der Waals surface area contributed by atoms with Crippen LogP contribution in [0.3, 0.4) is 0 Å². The lowest BCUT2D eigenvalue weighted by molar-refractivity contribution is 0.373. The van der Waals surface area contributed by atoms with Gasteiger partial charge < -0.3 is 0 Å². The summed E-state index contributed by atoms with van der Waals surface area (Å²) in [7, 11) is -1.06. The third-order valence-electron chi connectivity index (χ3n) is 14.9. The minimum atomic E-state index is -2.13. The van der Waals surface area contributed by atoms with E-state index in [-0.39, 0.29) is 36.0 Å². The SMILES string of the molecule is Cc1c(F)c(F)c(F)c(F)c1F.Cc1c(F)cc(-c2ccccc2)cc1-c1ccccc1.Cc1cc(C)c(C)c(C)c1.Cc1ccc(-c2ccccc2)cc1.Cc1ccc([Si](C)(C)C)cc1.Cc1ccccc1.Cc1ccccc1-c1ccccc1.[2H]c1c([2H])c([2H])c(C)c([2H])c1[2H]. The maximum atomic E-state index is 14.2. The van der Waals surface area contributed by atoms with E-state index in [0.29, 0.717) is 11.1 Å². The highest BCUT2D eigenvalue weighted by molar-refractivity contribution is 6.88. The molecule has 0 aliphatic carbocycles. The lowest BCUT2D eigenvalue weighted by Crippen LogP contribution is -2.37. The average molecular weight is 1270 g/mol. The highest BCUT2D eigenvalue weighted by Crippen LogP contribution is 2.32. The molecule has 0 saturated heterocycles. The Labute approximate surface area is 559 Å². The van der Waals surface area contributed by atoms with Crippen LogP contribution < -0.4 is 5.19 Å². The lowest BCUT2D eigenvalue weighted by Gasteiger charge is -2.16. The molecule has 0 fully saturated rings. The van der Waals surface area contributed by atoms with Crippen LogP contribution in [0.25, 0.3) is 44.5 Å². The summed E-state index contributed by atoms with van der Waals surface area (Å²) in [6.45, 7) is 28.4. The molecule has 478 valence electrons. The monoisotopic (exact) mass is 1270 g/mol. The summed E-state index contributed by atoms with van der Waals surface area (Å²) >= 11 is 0. The first-order chi connectivity index (χ1) is 46.4. The van der Waals surface area contributed by atoms with Gasteiger partial charge in [-0.3, -0.25) is 0 Å². The fraction of sp³-hybridized carbons (Fsp3) is 0.163. The molecule has 12 aromatic rings. The van der Waals surface area contributed by atoms with E-state index in [2.05, 4.69) is 227 Å². The van der Waals surface area contributed by atoms with Gasteiger partial charge in [-0.05, 0) is 161 Å². The fourth-order valence-electron chi connectivity index (χ4n) is 9.15. The number of hydrogen-bond acceptors (Lipinski definition) is 0. The number of hydrogen-bond donors (Lipinski definition) is 0. The van der Waals surface area contributed by atoms with Crippen molar-refractivity contribution in [1.29, 1.82) is 0 Å². The first kappa shape index (κ1) is 66.4. The van der Waals surface area contributed by atoms with Crippen molar-refractivity contribution in [2.75, 3.05) is 0 Å². The van der Waals surface area contributed by atoms with Crippen LogP contribution in [-0.2, 0) is 0 Å². The highest BCUT2D eigenvalue weighted by Gasteiger charge is 2.23. The normalized spacial score (nSPS) is 10.9. The molecule has 0 saturated carbocycles. The molecule has 0 aliphatic rings. The fourth-order valence-corrected chi connectivity index (χ4v) is 10.3. The van der Waals surface area contributed by atoms with E-state index in [1.807, 2.05) is 97.9 Å². The van der Waals surface area contributed by atoms with Gasteiger partial charge in [0.2, 0.25) is 5.82 Å². The van der Waals surface area contributed by atoms with E-state index < -0.39 is 42.7 Å². The van der Waals surface area contributed by atoms with Crippen LogP contribution in [0, 0.1) is 111 Å². The second-order valence-electron chi connectivity index (χ2n) is 23.5. The minimum Gasteiger partial charge on any atom is -0.207 e. The minimum absolute atomic E-state index is 0.124. The Hall–Kier alpha value is -9.56. The zero-order valence-corrected chi connectivity index (χ0v) is 56.9. The molecule has 0 nitrogen and oxygen atoms in total. The molecule has 0 radical (unpaired) electrons. The smallest absolute Gasteiger partial charge is 0.200 e. The van der Waals surface area contributed by atoms with Crippen LogP contribution in [0.4, 0.5) is 26.3 Å². The number of aryl methyl sites for hydroxylation is 7. The summed E-state index contributed by atoms with van der Waals surface area (Å²) in [5.74, 6) is -9.68. The molecular weight excluding hydrogens is 1180 g/mol. The molecule has 7 heteroatoms. The van der Waals surface area contributed by atoms with Crippen molar-refractivity contribution in [2.24, 2.45) is 0 Å². The molecule has 0 aromatic heterocycles. The van der Waals surface area contributed by atoms with Crippen molar-refractivity contribution in [3.63, 3.8) is 0 Å². The molecule has 0 atom stereocenters. The quantitative estimate of drug-likeness (QED) is 0.0697. The van der Waals surface area contributed by atoms with Gasteiger partial charge in [0, 0.05) is 5.56 Å². The van der Waals surface area contributed by atoms with Crippen molar-refractivity contribution in [3.8, 4) is 44.5 Å². The maximum Gasteiger partial charge on any atom is 0.200 e. The van der Waals surface area contributed by atoms with Gasteiger partial charge in [-0.25, -0.2) is 26.3 Å². The Balaban J connectivity index is 0.000000205. The summed E-state index contributed by atoms with van der Waals surface area (Å²) in [5, 5.41) is 1.54. The van der Waals surface area contributed by atoms with Gasteiger partial charge in [0.05, 0.1) is 14.9 Å². The van der Waals surface area contributed by atoms with Crippen LogP contribution in [-0.4, -0.2) is 8.07 Å². The first-order valence-electron chi connectivity index (χ1n) is 33.2. The third kappa shape index (κ3) is 24.5.